The first-order valence-electron chi connectivity index (χ1n) is 4.98. The summed E-state index contributed by atoms with van der Waals surface area (Å²) < 4.78 is 4.80. The number of rotatable bonds is 5. The van der Waals surface area contributed by atoms with Crippen molar-refractivity contribution in [3.63, 3.8) is 0 Å². The van der Waals surface area contributed by atoms with Gasteiger partial charge in [0.05, 0.1) is 19.7 Å². The number of nitrogens with zero attached hydrogens (tertiary/aromatic N) is 1. The van der Waals surface area contributed by atoms with Gasteiger partial charge in [-0.1, -0.05) is 0 Å². The molecule has 94 valence electrons. The molecule has 0 atom stereocenters. The van der Waals surface area contributed by atoms with Crippen LogP contribution in [0.1, 0.15) is 0 Å². The molecule has 1 fully saturated rings. The maximum Gasteiger partial charge on any atom is 0.239 e. The number of carbonyl (C=O) groups is 2. The highest BCUT2D eigenvalue weighted by Crippen LogP contribution is 1.93. The first-order valence-corrected chi connectivity index (χ1v) is 4.98. The minimum atomic E-state index is -0.137. The zero-order chi connectivity index (χ0) is 11.1. The standard InChI is InChI=1S/C9H17N3O3.ClH/c1-15-5-3-11-8(13)7-12-4-2-10-6-9(12)14;/h10H,2-7H2,1H3,(H,11,13);1H. The van der Waals surface area contributed by atoms with Crippen molar-refractivity contribution >= 4 is 24.2 Å². The Morgan fingerprint density at radius 2 is 2.38 bits per heavy atom. The molecule has 0 radical (unpaired) electrons. The molecule has 0 bridgehead atoms. The van der Waals surface area contributed by atoms with Crippen LogP contribution in [0.5, 0.6) is 0 Å². The van der Waals surface area contributed by atoms with Crippen molar-refractivity contribution in [1.29, 1.82) is 0 Å². The second-order valence-electron chi connectivity index (χ2n) is 3.33. The van der Waals surface area contributed by atoms with E-state index in [1.54, 1.807) is 12.0 Å². The average Bonchev–Trinajstić information content (AvgIpc) is 2.22. The summed E-state index contributed by atoms with van der Waals surface area (Å²) in [4.78, 5) is 24.2. The highest BCUT2D eigenvalue weighted by molar-refractivity contribution is 5.86. The van der Waals surface area contributed by atoms with Crippen LogP contribution in [0.15, 0.2) is 0 Å². The van der Waals surface area contributed by atoms with E-state index < -0.39 is 0 Å². The van der Waals surface area contributed by atoms with E-state index in [9.17, 15) is 9.59 Å². The molecule has 1 aliphatic rings. The van der Waals surface area contributed by atoms with Crippen LogP contribution in [0, 0.1) is 0 Å². The zero-order valence-electron chi connectivity index (χ0n) is 9.32. The highest BCUT2D eigenvalue weighted by atomic mass is 35.5. The van der Waals surface area contributed by atoms with Crippen LogP contribution < -0.4 is 10.6 Å². The molecule has 1 saturated heterocycles. The van der Waals surface area contributed by atoms with Gasteiger partial charge in [-0.15, -0.1) is 12.4 Å². The van der Waals surface area contributed by atoms with Crippen LogP contribution in [-0.4, -0.2) is 63.2 Å². The third-order valence-corrected chi connectivity index (χ3v) is 2.15. The van der Waals surface area contributed by atoms with Gasteiger partial charge in [0.25, 0.3) is 0 Å². The number of piperazine rings is 1. The van der Waals surface area contributed by atoms with Crippen molar-refractivity contribution in [3.05, 3.63) is 0 Å². The fraction of sp³-hybridized carbons (Fsp3) is 0.778. The molecular weight excluding hydrogens is 234 g/mol. The average molecular weight is 252 g/mol. The molecule has 0 unspecified atom stereocenters. The Morgan fingerprint density at radius 1 is 1.62 bits per heavy atom. The quantitative estimate of drug-likeness (QED) is 0.590. The lowest BCUT2D eigenvalue weighted by Gasteiger charge is -2.26. The fourth-order valence-corrected chi connectivity index (χ4v) is 1.33. The molecule has 1 aliphatic heterocycles. The number of nitrogens with one attached hydrogen (secondary N) is 2. The van der Waals surface area contributed by atoms with Gasteiger partial charge in [0.15, 0.2) is 0 Å². The number of hydrogen-bond donors (Lipinski definition) is 2. The number of halogens is 1. The molecule has 0 aromatic heterocycles. The molecule has 16 heavy (non-hydrogen) atoms. The molecule has 7 heteroatoms. The summed E-state index contributed by atoms with van der Waals surface area (Å²) in [6.45, 7) is 2.78. The molecular formula is C9H18ClN3O3. The number of methoxy groups -OCH3 is 1. The lowest BCUT2D eigenvalue weighted by atomic mass is 10.3. The third-order valence-electron chi connectivity index (χ3n) is 2.15. The predicted molar refractivity (Wildman–Crippen MR) is 61.6 cm³/mol. The molecule has 2 amide bonds. The van der Waals surface area contributed by atoms with Crippen LogP contribution in [-0.2, 0) is 14.3 Å². The Morgan fingerprint density at radius 3 is 3.00 bits per heavy atom. The van der Waals surface area contributed by atoms with E-state index >= 15 is 0 Å². The fourth-order valence-electron chi connectivity index (χ4n) is 1.33. The van der Waals surface area contributed by atoms with E-state index in [4.69, 9.17) is 4.74 Å². The van der Waals surface area contributed by atoms with E-state index in [-0.39, 0.29) is 30.8 Å². The smallest absolute Gasteiger partial charge is 0.239 e. The first kappa shape index (κ1) is 15.2. The van der Waals surface area contributed by atoms with Gasteiger partial charge in [0.1, 0.15) is 0 Å². The summed E-state index contributed by atoms with van der Waals surface area (Å²) in [6.07, 6.45) is 0. The maximum absolute atomic E-state index is 11.4. The number of carbonyl (C=O) groups excluding carboxylic acids is 2. The zero-order valence-corrected chi connectivity index (χ0v) is 10.1. The summed E-state index contributed by atoms with van der Waals surface area (Å²) in [5.41, 5.74) is 0. The minimum absolute atomic E-state index is 0. The summed E-state index contributed by atoms with van der Waals surface area (Å²) in [5, 5.41) is 5.62. The van der Waals surface area contributed by atoms with E-state index in [1.165, 1.54) is 0 Å². The third kappa shape index (κ3) is 5.29. The number of amides is 2. The molecule has 0 spiro atoms. The Hall–Kier alpha value is -0.850. The van der Waals surface area contributed by atoms with Crippen molar-refractivity contribution in [2.75, 3.05) is 46.4 Å². The van der Waals surface area contributed by atoms with E-state index in [2.05, 4.69) is 10.6 Å². The lowest BCUT2D eigenvalue weighted by Crippen LogP contribution is -2.51. The molecule has 0 aromatic carbocycles. The van der Waals surface area contributed by atoms with Gasteiger partial charge < -0.3 is 20.3 Å². The van der Waals surface area contributed by atoms with Gasteiger partial charge in [0.2, 0.25) is 11.8 Å². The van der Waals surface area contributed by atoms with Crippen molar-refractivity contribution < 1.29 is 14.3 Å². The van der Waals surface area contributed by atoms with Crippen LogP contribution in [0.3, 0.4) is 0 Å². The van der Waals surface area contributed by atoms with Crippen LogP contribution in [0.2, 0.25) is 0 Å². The molecule has 1 rings (SSSR count). The van der Waals surface area contributed by atoms with Crippen LogP contribution in [0.25, 0.3) is 0 Å². The first-order chi connectivity index (χ1) is 7.24. The Bertz CT molecular complexity index is 238. The predicted octanol–water partition coefficient (Wildman–Crippen LogP) is -1.40. The van der Waals surface area contributed by atoms with E-state index in [0.29, 0.717) is 26.2 Å². The second kappa shape index (κ2) is 8.32. The highest BCUT2D eigenvalue weighted by Gasteiger charge is 2.19. The van der Waals surface area contributed by atoms with Crippen molar-refractivity contribution in [3.8, 4) is 0 Å². The van der Waals surface area contributed by atoms with Crippen LogP contribution in [0.4, 0.5) is 0 Å². The Balaban J connectivity index is 0.00000225. The number of hydrogen-bond acceptors (Lipinski definition) is 4. The molecule has 0 aromatic rings. The topological polar surface area (TPSA) is 70.7 Å². The minimum Gasteiger partial charge on any atom is -0.383 e. The van der Waals surface area contributed by atoms with Crippen molar-refractivity contribution in [2.24, 2.45) is 0 Å². The normalized spacial score (nSPS) is 15.6. The van der Waals surface area contributed by atoms with E-state index in [1.807, 2.05) is 0 Å². The van der Waals surface area contributed by atoms with Crippen LogP contribution >= 0.6 is 12.4 Å². The van der Waals surface area contributed by atoms with Crippen molar-refractivity contribution in [2.45, 2.75) is 0 Å². The monoisotopic (exact) mass is 251 g/mol. The van der Waals surface area contributed by atoms with Gasteiger partial charge in [-0.25, -0.2) is 0 Å². The molecule has 0 saturated carbocycles. The summed E-state index contributed by atoms with van der Waals surface area (Å²) in [6, 6.07) is 0. The van der Waals surface area contributed by atoms with Crippen molar-refractivity contribution in [1.82, 2.24) is 15.5 Å². The maximum atomic E-state index is 11.4. The van der Waals surface area contributed by atoms with E-state index in [0.717, 1.165) is 6.54 Å². The largest absolute Gasteiger partial charge is 0.383 e. The number of ether oxygens (including phenoxy) is 1. The van der Waals surface area contributed by atoms with Gasteiger partial charge in [-0.05, 0) is 0 Å². The summed E-state index contributed by atoms with van der Waals surface area (Å²) in [7, 11) is 1.58. The van der Waals surface area contributed by atoms with Gasteiger partial charge >= 0.3 is 0 Å². The summed E-state index contributed by atoms with van der Waals surface area (Å²) in [5.74, 6) is -0.162. The van der Waals surface area contributed by atoms with Gasteiger partial charge in [-0.3, -0.25) is 9.59 Å². The molecule has 1 heterocycles. The molecule has 2 N–H and O–H groups in total. The lowest BCUT2D eigenvalue weighted by molar-refractivity contribution is -0.136. The molecule has 6 nitrogen and oxygen atoms in total. The van der Waals surface area contributed by atoms with Gasteiger partial charge in [-0.2, -0.15) is 0 Å². The second-order valence-corrected chi connectivity index (χ2v) is 3.33. The summed E-state index contributed by atoms with van der Waals surface area (Å²) >= 11 is 0. The van der Waals surface area contributed by atoms with Gasteiger partial charge in [0, 0.05) is 26.7 Å². The molecule has 0 aliphatic carbocycles. The SMILES string of the molecule is COCCNC(=O)CN1CCNCC1=O.Cl. The Kier molecular flexibility index (Phi) is 7.88. The Labute approximate surface area is 101 Å².